The van der Waals surface area contributed by atoms with Crippen molar-refractivity contribution in [2.45, 2.75) is 19.4 Å². The van der Waals surface area contributed by atoms with Crippen LogP contribution in [0.15, 0.2) is 24.3 Å². The van der Waals surface area contributed by atoms with E-state index in [2.05, 4.69) is 0 Å². The molecule has 0 N–H and O–H groups in total. The van der Waals surface area contributed by atoms with Gasteiger partial charge in [-0.3, -0.25) is 14.9 Å². The summed E-state index contributed by atoms with van der Waals surface area (Å²) in [6.07, 6.45) is 0.134. The quantitative estimate of drug-likeness (QED) is 0.436. The fraction of sp³-hybridized carbons (Fsp3) is 0.364. The lowest BCUT2D eigenvalue weighted by Gasteiger charge is -2.13. The number of hydrogen-bond donors (Lipinski definition) is 0. The first-order valence-corrected chi connectivity index (χ1v) is 5.02. The van der Waals surface area contributed by atoms with Crippen LogP contribution >= 0.6 is 0 Å². The van der Waals surface area contributed by atoms with Gasteiger partial charge in [-0.05, 0) is 17.7 Å². The highest BCUT2D eigenvalue weighted by atomic mass is 16.6. The van der Waals surface area contributed by atoms with Gasteiger partial charge in [0, 0.05) is 18.1 Å². The number of ether oxygens (including phenoxy) is 1. The number of nitro groups is 1. The molecule has 84 valence electrons. The Morgan fingerprint density at radius 3 is 2.44 bits per heavy atom. The molecule has 1 fully saturated rings. The molecule has 0 bridgehead atoms. The van der Waals surface area contributed by atoms with E-state index in [0.717, 1.165) is 5.56 Å². The number of hydrogen-bond acceptors (Lipinski definition) is 4. The molecular formula is C11H11NO4. The summed E-state index contributed by atoms with van der Waals surface area (Å²) >= 11 is 0. The fourth-order valence-electron chi connectivity index (χ4n) is 1.86. The van der Waals surface area contributed by atoms with Crippen LogP contribution in [0.3, 0.4) is 0 Å². The second-order valence-corrected chi connectivity index (χ2v) is 3.94. The molecule has 1 aliphatic rings. The van der Waals surface area contributed by atoms with Crippen molar-refractivity contribution in [2.75, 3.05) is 0 Å². The number of nitro benzene ring substituents is 1. The van der Waals surface area contributed by atoms with Gasteiger partial charge in [0.15, 0.2) is 0 Å². The third-order valence-electron chi connectivity index (χ3n) is 2.70. The van der Waals surface area contributed by atoms with Gasteiger partial charge in [-0.15, -0.1) is 0 Å². The lowest BCUT2D eigenvalue weighted by atomic mass is 9.97. The smallest absolute Gasteiger partial charge is 0.306 e. The van der Waals surface area contributed by atoms with E-state index in [1.807, 2.05) is 6.92 Å². The van der Waals surface area contributed by atoms with Gasteiger partial charge in [0.1, 0.15) is 6.10 Å². The van der Waals surface area contributed by atoms with Gasteiger partial charge in [-0.1, -0.05) is 6.92 Å². The second kappa shape index (κ2) is 3.92. The van der Waals surface area contributed by atoms with Crippen LogP contribution in [0, 0.1) is 16.0 Å². The van der Waals surface area contributed by atoms with E-state index in [1.165, 1.54) is 12.1 Å². The lowest BCUT2D eigenvalue weighted by molar-refractivity contribution is -0.384. The molecule has 0 aromatic heterocycles. The van der Waals surface area contributed by atoms with E-state index < -0.39 is 4.92 Å². The zero-order valence-corrected chi connectivity index (χ0v) is 8.75. The minimum atomic E-state index is -0.451. The van der Waals surface area contributed by atoms with Crippen molar-refractivity contribution in [2.24, 2.45) is 5.92 Å². The number of non-ortho nitro benzene ring substituents is 1. The van der Waals surface area contributed by atoms with Crippen molar-refractivity contribution in [1.82, 2.24) is 0 Å². The van der Waals surface area contributed by atoms with Crippen molar-refractivity contribution in [3.63, 3.8) is 0 Å². The van der Waals surface area contributed by atoms with Crippen LogP contribution in [0.5, 0.6) is 0 Å². The third-order valence-corrected chi connectivity index (χ3v) is 2.70. The van der Waals surface area contributed by atoms with Gasteiger partial charge in [-0.2, -0.15) is 0 Å². The lowest BCUT2D eigenvalue weighted by Crippen LogP contribution is -2.04. The van der Waals surface area contributed by atoms with Crippen LogP contribution in [0.4, 0.5) is 5.69 Å². The fourth-order valence-corrected chi connectivity index (χ4v) is 1.86. The van der Waals surface area contributed by atoms with Crippen LogP contribution in [-0.2, 0) is 9.53 Å². The Hall–Kier alpha value is -1.91. The van der Waals surface area contributed by atoms with Gasteiger partial charge >= 0.3 is 5.97 Å². The standard InChI is InChI=1S/C11H11NO4/c1-7-6-10(13)16-11(7)8-2-4-9(5-3-8)12(14)15/h2-5,7,11H,6H2,1H3/t7-,11-/m0/s1. The molecule has 1 heterocycles. The summed E-state index contributed by atoms with van der Waals surface area (Å²) in [5.74, 6) is -0.0928. The molecule has 2 atom stereocenters. The van der Waals surface area contributed by atoms with E-state index in [-0.39, 0.29) is 23.7 Å². The Balaban J connectivity index is 2.22. The molecule has 1 aromatic rings. The molecule has 0 saturated carbocycles. The Labute approximate surface area is 92.2 Å². The molecular weight excluding hydrogens is 210 g/mol. The summed E-state index contributed by atoms with van der Waals surface area (Å²) in [7, 11) is 0. The van der Waals surface area contributed by atoms with Gasteiger partial charge in [-0.25, -0.2) is 0 Å². The maximum absolute atomic E-state index is 11.1. The maximum atomic E-state index is 11.1. The number of esters is 1. The minimum Gasteiger partial charge on any atom is -0.457 e. The zero-order chi connectivity index (χ0) is 11.7. The Morgan fingerprint density at radius 2 is 2.00 bits per heavy atom. The molecule has 0 unspecified atom stereocenters. The normalized spacial score (nSPS) is 24.2. The number of cyclic esters (lactones) is 1. The highest BCUT2D eigenvalue weighted by Crippen LogP contribution is 2.35. The van der Waals surface area contributed by atoms with Gasteiger partial charge in [0.05, 0.1) is 11.3 Å². The van der Waals surface area contributed by atoms with Crippen LogP contribution in [0.25, 0.3) is 0 Å². The Bertz CT molecular complexity index is 426. The maximum Gasteiger partial charge on any atom is 0.306 e. The number of benzene rings is 1. The predicted octanol–water partition coefficient (Wildman–Crippen LogP) is 2.22. The van der Waals surface area contributed by atoms with E-state index in [1.54, 1.807) is 12.1 Å². The molecule has 0 aliphatic carbocycles. The highest BCUT2D eigenvalue weighted by Gasteiger charge is 2.32. The SMILES string of the molecule is C[C@H]1CC(=O)O[C@@H]1c1ccc([N+](=O)[O-])cc1. The summed E-state index contributed by atoms with van der Waals surface area (Å²) in [6, 6.07) is 6.12. The summed E-state index contributed by atoms with van der Waals surface area (Å²) < 4.78 is 5.15. The molecule has 5 heteroatoms. The van der Waals surface area contributed by atoms with E-state index >= 15 is 0 Å². The molecule has 0 amide bonds. The van der Waals surface area contributed by atoms with Gasteiger partial charge in [0.25, 0.3) is 5.69 Å². The van der Waals surface area contributed by atoms with Gasteiger partial charge < -0.3 is 4.74 Å². The molecule has 5 nitrogen and oxygen atoms in total. The van der Waals surface area contributed by atoms with Crippen molar-refractivity contribution in [3.05, 3.63) is 39.9 Å². The Morgan fingerprint density at radius 1 is 1.38 bits per heavy atom. The van der Waals surface area contributed by atoms with Crippen molar-refractivity contribution in [3.8, 4) is 0 Å². The molecule has 1 aliphatic heterocycles. The second-order valence-electron chi connectivity index (χ2n) is 3.94. The number of rotatable bonds is 2. The van der Waals surface area contributed by atoms with Crippen LogP contribution in [0.2, 0.25) is 0 Å². The van der Waals surface area contributed by atoms with E-state index in [0.29, 0.717) is 6.42 Å². The number of nitrogens with zero attached hydrogens (tertiary/aromatic N) is 1. The first-order valence-electron chi connectivity index (χ1n) is 5.02. The zero-order valence-electron chi connectivity index (χ0n) is 8.75. The van der Waals surface area contributed by atoms with Gasteiger partial charge in [0.2, 0.25) is 0 Å². The number of carbonyl (C=O) groups excluding carboxylic acids is 1. The molecule has 0 spiro atoms. The van der Waals surface area contributed by atoms with Crippen LogP contribution in [-0.4, -0.2) is 10.9 Å². The largest absolute Gasteiger partial charge is 0.457 e. The summed E-state index contributed by atoms with van der Waals surface area (Å²) in [5.41, 5.74) is 0.852. The monoisotopic (exact) mass is 221 g/mol. The minimum absolute atomic E-state index is 0.0423. The molecule has 2 rings (SSSR count). The molecule has 0 radical (unpaired) electrons. The summed E-state index contributed by atoms with van der Waals surface area (Å²) in [6.45, 7) is 1.93. The predicted molar refractivity (Wildman–Crippen MR) is 55.7 cm³/mol. The Kier molecular flexibility index (Phi) is 2.60. The topological polar surface area (TPSA) is 69.4 Å². The molecule has 16 heavy (non-hydrogen) atoms. The van der Waals surface area contributed by atoms with E-state index in [4.69, 9.17) is 4.74 Å². The van der Waals surface area contributed by atoms with Crippen molar-refractivity contribution >= 4 is 11.7 Å². The first-order chi connectivity index (χ1) is 7.58. The van der Waals surface area contributed by atoms with Crippen molar-refractivity contribution in [1.29, 1.82) is 0 Å². The van der Waals surface area contributed by atoms with Crippen LogP contribution < -0.4 is 0 Å². The van der Waals surface area contributed by atoms with Crippen molar-refractivity contribution < 1.29 is 14.5 Å². The number of carbonyl (C=O) groups is 1. The first kappa shape index (κ1) is 10.6. The van der Waals surface area contributed by atoms with Crippen LogP contribution in [0.1, 0.15) is 25.0 Å². The summed E-state index contributed by atoms with van der Waals surface area (Å²) in [4.78, 5) is 21.1. The highest BCUT2D eigenvalue weighted by molar-refractivity contribution is 5.72. The average molecular weight is 221 g/mol. The molecule has 1 saturated heterocycles. The third kappa shape index (κ3) is 1.88. The molecule has 1 aromatic carbocycles. The summed E-state index contributed by atoms with van der Waals surface area (Å²) in [5, 5.41) is 10.5. The average Bonchev–Trinajstić information content (AvgIpc) is 2.58. The van der Waals surface area contributed by atoms with E-state index in [9.17, 15) is 14.9 Å².